The van der Waals surface area contributed by atoms with E-state index in [1.165, 1.54) is 10.9 Å². The number of hydrogen-bond acceptors (Lipinski definition) is 4. The molecule has 1 aliphatic heterocycles. The molecule has 1 fully saturated rings. The maximum absolute atomic E-state index is 9.00. The fourth-order valence-corrected chi connectivity index (χ4v) is 4.06. The van der Waals surface area contributed by atoms with Crippen molar-refractivity contribution in [3.05, 3.63) is 52.4 Å². The lowest BCUT2D eigenvalue weighted by atomic mass is 9.90. The van der Waals surface area contributed by atoms with Crippen molar-refractivity contribution >= 4 is 32.8 Å². The van der Waals surface area contributed by atoms with Crippen LogP contribution in [0.5, 0.6) is 0 Å². The second-order valence-electron chi connectivity index (χ2n) is 6.07. The predicted octanol–water partition coefficient (Wildman–Crippen LogP) is 3.98. The fraction of sp³-hybridized carbons (Fsp3) is 0.278. The Morgan fingerprint density at radius 1 is 1.38 bits per heavy atom. The Morgan fingerprint density at radius 2 is 2.29 bits per heavy atom. The molecule has 24 heavy (non-hydrogen) atoms. The summed E-state index contributed by atoms with van der Waals surface area (Å²) in [6.07, 6.45) is 7.82. The number of rotatable bonds is 2. The van der Waals surface area contributed by atoms with Gasteiger partial charge in [-0.3, -0.25) is 0 Å². The van der Waals surface area contributed by atoms with Crippen molar-refractivity contribution in [2.45, 2.75) is 18.8 Å². The molecule has 3 aromatic heterocycles. The van der Waals surface area contributed by atoms with Crippen LogP contribution in [0.1, 0.15) is 29.9 Å². The van der Waals surface area contributed by atoms with Gasteiger partial charge in [-0.1, -0.05) is 0 Å². The highest BCUT2D eigenvalue weighted by atomic mass is 79.9. The Kier molecular flexibility index (Phi) is 3.95. The lowest BCUT2D eigenvalue weighted by molar-refractivity contribution is 0.509. The minimum atomic E-state index is 0.445. The van der Waals surface area contributed by atoms with Gasteiger partial charge < -0.3 is 9.88 Å². The summed E-state index contributed by atoms with van der Waals surface area (Å²) < 4.78 is 0.878. The molecule has 0 saturated carbocycles. The van der Waals surface area contributed by atoms with E-state index in [0.717, 1.165) is 41.9 Å². The number of nitrogens with one attached hydrogen (secondary N) is 1. The molecule has 0 aliphatic carbocycles. The molecule has 1 unspecified atom stereocenters. The molecule has 4 heterocycles. The third-order valence-corrected chi connectivity index (χ3v) is 5.18. The number of nitrogens with zero attached hydrogens (tertiary/aromatic N) is 4. The first-order chi connectivity index (χ1) is 11.8. The van der Waals surface area contributed by atoms with Gasteiger partial charge in [-0.15, -0.1) is 0 Å². The molecule has 0 bridgehead atoms. The molecule has 0 aromatic carbocycles. The van der Waals surface area contributed by atoms with Crippen LogP contribution >= 0.6 is 15.9 Å². The van der Waals surface area contributed by atoms with E-state index in [1.807, 2.05) is 18.3 Å². The summed E-state index contributed by atoms with van der Waals surface area (Å²) in [4.78, 5) is 14.5. The molecule has 1 N–H and O–H groups in total. The van der Waals surface area contributed by atoms with Gasteiger partial charge in [0.2, 0.25) is 0 Å². The van der Waals surface area contributed by atoms with Crippen molar-refractivity contribution in [2.24, 2.45) is 0 Å². The van der Waals surface area contributed by atoms with E-state index >= 15 is 0 Å². The van der Waals surface area contributed by atoms with E-state index in [1.54, 1.807) is 6.20 Å². The first-order valence-corrected chi connectivity index (χ1v) is 8.78. The molecule has 5 nitrogen and oxygen atoms in total. The van der Waals surface area contributed by atoms with E-state index in [4.69, 9.17) is 5.26 Å². The molecule has 0 radical (unpaired) electrons. The van der Waals surface area contributed by atoms with Crippen LogP contribution in [-0.2, 0) is 0 Å². The van der Waals surface area contributed by atoms with Crippen LogP contribution in [0.15, 0.2) is 41.3 Å². The van der Waals surface area contributed by atoms with Crippen LogP contribution in [-0.4, -0.2) is 28.0 Å². The highest BCUT2D eigenvalue weighted by Gasteiger charge is 2.25. The highest BCUT2D eigenvalue weighted by Crippen LogP contribution is 2.35. The van der Waals surface area contributed by atoms with Gasteiger partial charge >= 0.3 is 0 Å². The van der Waals surface area contributed by atoms with Crippen LogP contribution in [0, 0.1) is 11.3 Å². The molecule has 1 aliphatic rings. The van der Waals surface area contributed by atoms with Gasteiger partial charge in [-0.05, 0) is 52.5 Å². The maximum Gasteiger partial charge on any atom is 0.142 e. The molecule has 1 atom stereocenters. The largest absolute Gasteiger partial charge is 0.355 e. The van der Waals surface area contributed by atoms with Crippen LogP contribution < -0.4 is 4.90 Å². The molecule has 0 amide bonds. The number of aromatic amines is 1. The first kappa shape index (κ1) is 15.2. The normalized spacial score (nSPS) is 17.8. The third-order valence-electron chi connectivity index (χ3n) is 4.59. The highest BCUT2D eigenvalue weighted by molar-refractivity contribution is 9.10. The van der Waals surface area contributed by atoms with Gasteiger partial charge in [-0.25, -0.2) is 9.97 Å². The van der Waals surface area contributed by atoms with Crippen molar-refractivity contribution in [2.75, 3.05) is 18.0 Å². The van der Waals surface area contributed by atoms with Crippen LogP contribution in [0.3, 0.4) is 0 Å². The fourth-order valence-electron chi connectivity index (χ4n) is 3.46. The van der Waals surface area contributed by atoms with Gasteiger partial charge in [0, 0.05) is 43.0 Å². The SMILES string of the molecule is N#Cc1cnc(N2CCCC(c3c[nH]c4ncccc34)C2)c(Br)c1. The zero-order valence-electron chi connectivity index (χ0n) is 13.0. The van der Waals surface area contributed by atoms with Gasteiger partial charge in [0.15, 0.2) is 0 Å². The summed E-state index contributed by atoms with van der Waals surface area (Å²) in [7, 11) is 0. The van der Waals surface area contributed by atoms with Crippen LogP contribution in [0.25, 0.3) is 11.0 Å². The van der Waals surface area contributed by atoms with Crippen LogP contribution in [0.4, 0.5) is 5.82 Å². The predicted molar refractivity (Wildman–Crippen MR) is 96.9 cm³/mol. The minimum absolute atomic E-state index is 0.445. The summed E-state index contributed by atoms with van der Waals surface area (Å²) in [5.41, 5.74) is 2.84. The smallest absolute Gasteiger partial charge is 0.142 e. The number of fused-ring (bicyclic) bond motifs is 1. The molecular weight excluding hydrogens is 366 g/mol. The second-order valence-corrected chi connectivity index (χ2v) is 6.92. The van der Waals surface area contributed by atoms with Crippen molar-refractivity contribution in [3.8, 4) is 6.07 Å². The van der Waals surface area contributed by atoms with E-state index < -0.39 is 0 Å². The van der Waals surface area contributed by atoms with Gasteiger partial charge in [0.1, 0.15) is 17.5 Å². The number of H-pyrrole nitrogens is 1. The number of halogens is 1. The quantitative estimate of drug-likeness (QED) is 0.728. The lowest BCUT2D eigenvalue weighted by Gasteiger charge is -2.34. The lowest BCUT2D eigenvalue weighted by Crippen LogP contribution is -2.35. The number of hydrogen-bond donors (Lipinski definition) is 1. The summed E-state index contributed by atoms with van der Waals surface area (Å²) in [6, 6.07) is 8.08. The Labute approximate surface area is 148 Å². The molecule has 1 saturated heterocycles. The summed E-state index contributed by atoms with van der Waals surface area (Å²) in [6.45, 7) is 1.90. The number of pyridine rings is 2. The second kappa shape index (κ2) is 6.25. The molecule has 6 heteroatoms. The van der Waals surface area contributed by atoms with E-state index in [9.17, 15) is 0 Å². The Morgan fingerprint density at radius 3 is 3.12 bits per heavy atom. The molecule has 0 spiro atoms. The van der Waals surface area contributed by atoms with Crippen molar-refractivity contribution in [1.82, 2.24) is 15.0 Å². The topological polar surface area (TPSA) is 68.6 Å². The summed E-state index contributed by atoms with van der Waals surface area (Å²) in [5, 5.41) is 10.2. The van der Waals surface area contributed by atoms with Crippen LogP contribution in [0.2, 0.25) is 0 Å². The minimum Gasteiger partial charge on any atom is -0.355 e. The Hall–Kier alpha value is -2.39. The van der Waals surface area contributed by atoms with Crippen molar-refractivity contribution in [3.63, 3.8) is 0 Å². The zero-order valence-corrected chi connectivity index (χ0v) is 14.6. The standard InChI is InChI=1S/C18H16BrN5/c19-16-7-12(8-20)9-23-18(16)24-6-2-3-13(11-24)15-10-22-17-14(15)4-1-5-21-17/h1,4-5,7,9-10,13H,2-3,6,11H2,(H,21,22). The van der Waals surface area contributed by atoms with Crippen molar-refractivity contribution < 1.29 is 0 Å². The Bertz CT molecular complexity index is 927. The average molecular weight is 382 g/mol. The average Bonchev–Trinajstić information content (AvgIpc) is 3.06. The monoisotopic (exact) mass is 381 g/mol. The van der Waals surface area contributed by atoms with Gasteiger partial charge in [0.05, 0.1) is 10.0 Å². The molecular formula is C18H16BrN5. The molecule has 3 aromatic rings. The van der Waals surface area contributed by atoms with Gasteiger partial charge in [0.25, 0.3) is 0 Å². The maximum atomic E-state index is 9.00. The summed E-state index contributed by atoms with van der Waals surface area (Å²) >= 11 is 3.56. The number of aromatic nitrogens is 3. The number of piperidine rings is 1. The van der Waals surface area contributed by atoms with E-state index in [0.29, 0.717) is 11.5 Å². The number of anilines is 1. The van der Waals surface area contributed by atoms with Crippen molar-refractivity contribution in [1.29, 1.82) is 5.26 Å². The van der Waals surface area contributed by atoms with E-state index in [-0.39, 0.29) is 0 Å². The van der Waals surface area contributed by atoms with Gasteiger partial charge in [-0.2, -0.15) is 5.26 Å². The zero-order chi connectivity index (χ0) is 16.5. The number of nitriles is 1. The van der Waals surface area contributed by atoms with E-state index in [2.05, 4.69) is 54.1 Å². The molecule has 120 valence electrons. The Balaban J connectivity index is 1.63. The molecule has 4 rings (SSSR count). The third kappa shape index (κ3) is 2.65. The first-order valence-electron chi connectivity index (χ1n) is 7.99. The summed E-state index contributed by atoms with van der Waals surface area (Å²) in [5.74, 6) is 1.36.